The van der Waals surface area contributed by atoms with E-state index in [4.69, 9.17) is 0 Å². The highest BCUT2D eigenvalue weighted by Crippen LogP contribution is 2.35. The Morgan fingerprint density at radius 2 is 2.08 bits per heavy atom. The van der Waals surface area contributed by atoms with Gasteiger partial charge in [0, 0.05) is 41.1 Å². The van der Waals surface area contributed by atoms with Crippen LogP contribution in [0.5, 0.6) is 0 Å². The molecule has 0 radical (unpaired) electrons. The number of nitrogens with one attached hydrogen (secondary N) is 2. The second kappa shape index (κ2) is 6.78. The molecule has 3 heterocycles. The zero-order chi connectivity index (χ0) is 18.9. The average Bonchev–Trinajstić information content (AvgIpc) is 3.03. The molecule has 1 atom stereocenters. The summed E-state index contributed by atoms with van der Waals surface area (Å²) in [6.45, 7) is 7.76. The van der Waals surface area contributed by atoms with Crippen LogP contribution in [-0.4, -0.2) is 26.0 Å². The van der Waals surface area contributed by atoms with Gasteiger partial charge in [-0.25, -0.2) is 15.0 Å². The lowest BCUT2D eigenvalue weighted by atomic mass is 10.1. The van der Waals surface area contributed by atoms with Gasteiger partial charge in [-0.1, -0.05) is 19.6 Å². The second-order valence-corrected chi connectivity index (χ2v) is 5.98. The van der Waals surface area contributed by atoms with Crippen molar-refractivity contribution in [1.82, 2.24) is 19.9 Å². The number of hydrogen-bond donors (Lipinski definition) is 2. The number of rotatable bonds is 5. The monoisotopic (exact) mass is 361 g/mol. The number of halogens is 3. The van der Waals surface area contributed by atoms with E-state index in [0.29, 0.717) is 33.8 Å². The lowest BCUT2D eigenvalue weighted by Gasteiger charge is -2.13. The number of H-pyrrole nitrogens is 1. The van der Waals surface area contributed by atoms with Crippen molar-refractivity contribution in [1.29, 1.82) is 0 Å². The molecule has 0 fully saturated rings. The number of anilines is 1. The Bertz CT molecular complexity index is 946. The van der Waals surface area contributed by atoms with Crippen LogP contribution in [0.3, 0.4) is 0 Å². The molecular weight excluding hydrogens is 343 g/mol. The number of nitrogens with zero attached hydrogens (tertiary/aromatic N) is 3. The first-order valence-electron chi connectivity index (χ1n) is 8.14. The predicted molar refractivity (Wildman–Crippen MR) is 95.6 cm³/mol. The first-order valence-corrected chi connectivity index (χ1v) is 8.14. The normalized spacial score (nSPS) is 13.0. The Balaban J connectivity index is 2.15. The van der Waals surface area contributed by atoms with Gasteiger partial charge in [0.05, 0.1) is 11.3 Å². The molecule has 0 saturated heterocycles. The summed E-state index contributed by atoms with van der Waals surface area (Å²) in [5, 5.41) is 3.51. The van der Waals surface area contributed by atoms with Gasteiger partial charge in [-0.3, -0.25) is 0 Å². The van der Waals surface area contributed by atoms with Gasteiger partial charge < -0.3 is 10.3 Å². The Hall–Kier alpha value is -2.90. The van der Waals surface area contributed by atoms with E-state index in [2.05, 4.69) is 31.8 Å². The lowest BCUT2D eigenvalue weighted by molar-refractivity contribution is -0.137. The fraction of sp³-hybridized carbons (Fsp3) is 0.278. The van der Waals surface area contributed by atoms with Crippen LogP contribution in [0, 0.1) is 0 Å². The summed E-state index contributed by atoms with van der Waals surface area (Å²) in [5.41, 5.74) is 1.19. The SMILES string of the molecule is C=Cc1cnc(N[C@@H](C)CC)nc1-c1c[nH]c2ncc(C(F)(F)F)cc12. The van der Waals surface area contributed by atoms with Crippen molar-refractivity contribution in [3.05, 3.63) is 42.4 Å². The zero-order valence-corrected chi connectivity index (χ0v) is 14.4. The highest BCUT2D eigenvalue weighted by atomic mass is 19.4. The van der Waals surface area contributed by atoms with Gasteiger partial charge in [-0.05, 0) is 19.4 Å². The lowest BCUT2D eigenvalue weighted by Crippen LogP contribution is -2.16. The summed E-state index contributed by atoms with van der Waals surface area (Å²) in [6, 6.07) is 1.24. The highest BCUT2D eigenvalue weighted by Gasteiger charge is 2.31. The minimum atomic E-state index is -4.47. The highest BCUT2D eigenvalue weighted by molar-refractivity contribution is 5.95. The molecule has 8 heteroatoms. The molecule has 0 aliphatic rings. The van der Waals surface area contributed by atoms with Crippen molar-refractivity contribution in [2.75, 3.05) is 5.32 Å². The van der Waals surface area contributed by atoms with Crippen molar-refractivity contribution in [3.63, 3.8) is 0 Å². The number of pyridine rings is 1. The maximum absolute atomic E-state index is 13.0. The van der Waals surface area contributed by atoms with Gasteiger partial charge in [0.1, 0.15) is 5.65 Å². The van der Waals surface area contributed by atoms with E-state index in [1.54, 1.807) is 18.5 Å². The van der Waals surface area contributed by atoms with Crippen LogP contribution in [0.4, 0.5) is 19.1 Å². The molecule has 0 amide bonds. The third-order valence-corrected chi connectivity index (χ3v) is 4.14. The molecule has 2 N–H and O–H groups in total. The predicted octanol–water partition coefficient (Wildman–Crippen LogP) is 4.89. The zero-order valence-electron chi connectivity index (χ0n) is 14.4. The van der Waals surface area contributed by atoms with Crippen LogP contribution in [-0.2, 0) is 6.18 Å². The minimum Gasteiger partial charge on any atom is -0.352 e. The topological polar surface area (TPSA) is 66.5 Å². The number of hydrogen-bond acceptors (Lipinski definition) is 4. The van der Waals surface area contributed by atoms with E-state index in [1.807, 2.05) is 13.8 Å². The first kappa shape index (κ1) is 17.9. The molecule has 26 heavy (non-hydrogen) atoms. The summed E-state index contributed by atoms with van der Waals surface area (Å²) in [5.74, 6) is 0.411. The molecule has 0 aromatic carbocycles. The van der Waals surface area contributed by atoms with E-state index in [9.17, 15) is 13.2 Å². The van der Waals surface area contributed by atoms with Crippen LogP contribution >= 0.6 is 0 Å². The molecule has 0 saturated carbocycles. The summed E-state index contributed by atoms with van der Waals surface area (Å²) >= 11 is 0. The van der Waals surface area contributed by atoms with Gasteiger partial charge in [0.2, 0.25) is 5.95 Å². The molecule has 0 bridgehead atoms. The maximum Gasteiger partial charge on any atom is 0.417 e. The van der Waals surface area contributed by atoms with E-state index in [-0.39, 0.29) is 6.04 Å². The molecular formula is C18H18F3N5. The Labute approximate surface area is 148 Å². The molecule has 0 aliphatic carbocycles. The minimum absolute atomic E-state index is 0.166. The summed E-state index contributed by atoms with van der Waals surface area (Å²) in [6.07, 6.45) is 2.00. The smallest absolute Gasteiger partial charge is 0.352 e. The fourth-order valence-corrected chi connectivity index (χ4v) is 2.50. The van der Waals surface area contributed by atoms with Gasteiger partial charge in [0.25, 0.3) is 0 Å². The number of alkyl halides is 3. The summed E-state index contributed by atoms with van der Waals surface area (Å²) in [7, 11) is 0. The molecule has 0 unspecified atom stereocenters. The molecule has 3 rings (SSSR count). The molecule has 3 aromatic heterocycles. The second-order valence-electron chi connectivity index (χ2n) is 5.98. The number of aromatic amines is 1. The van der Waals surface area contributed by atoms with Crippen LogP contribution in [0.25, 0.3) is 28.4 Å². The Kier molecular flexibility index (Phi) is 4.67. The Morgan fingerprint density at radius 1 is 1.31 bits per heavy atom. The third-order valence-electron chi connectivity index (χ3n) is 4.14. The molecule has 0 aliphatic heterocycles. The van der Waals surface area contributed by atoms with Crippen LogP contribution in [0.2, 0.25) is 0 Å². The van der Waals surface area contributed by atoms with Crippen molar-refractivity contribution in [2.45, 2.75) is 32.5 Å². The Morgan fingerprint density at radius 3 is 2.73 bits per heavy atom. The van der Waals surface area contributed by atoms with E-state index in [1.165, 1.54) is 0 Å². The number of fused-ring (bicyclic) bond motifs is 1. The van der Waals surface area contributed by atoms with Crippen molar-refractivity contribution in [3.8, 4) is 11.3 Å². The summed E-state index contributed by atoms with van der Waals surface area (Å²) in [4.78, 5) is 15.5. The van der Waals surface area contributed by atoms with Gasteiger partial charge in [0.15, 0.2) is 0 Å². The van der Waals surface area contributed by atoms with Gasteiger partial charge >= 0.3 is 6.18 Å². The van der Waals surface area contributed by atoms with Gasteiger partial charge in [-0.15, -0.1) is 0 Å². The van der Waals surface area contributed by atoms with E-state index >= 15 is 0 Å². The first-order chi connectivity index (χ1) is 12.3. The molecule has 136 valence electrons. The van der Waals surface area contributed by atoms with Crippen molar-refractivity contribution < 1.29 is 13.2 Å². The van der Waals surface area contributed by atoms with Crippen LogP contribution in [0.1, 0.15) is 31.4 Å². The van der Waals surface area contributed by atoms with Crippen LogP contribution < -0.4 is 5.32 Å². The molecule has 5 nitrogen and oxygen atoms in total. The largest absolute Gasteiger partial charge is 0.417 e. The summed E-state index contributed by atoms with van der Waals surface area (Å²) < 4.78 is 39.1. The third kappa shape index (κ3) is 3.40. The maximum atomic E-state index is 13.0. The number of aromatic nitrogens is 4. The van der Waals surface area contributed by atoms with E-state index in [0.717, 1.165) is 18.7 Å². The fourth-order valence-electron chi connectivity index (χ4n) is 2.50. The average molecular weight is 361 g/mol. The molecule has 0 spiro atoms. The molecule has 3 aromatic rings. The quantitative estimate of drug-likeness (QED) is 0.679. The standard InChI is InChI=1S/C18H18F3N5/c1-4-10(3)25-17-24-7-11(5-2)15(26-17)14-9-23-16-13(14)6-12(8-22-16)18(19,20)21/h5-10H,2,4H2,1,3H3,(H,22,23)(H,24,25,26)/t10-/m0/s1. The van der Waals surface area contributed by atoms with E-state index < -0.39 is 11.7 Å². The van der Waals surface area contributed by atoms with Gasteiger partial charge in [-0.2, -0.15) is 13.2 Å². The van der Waals surface area contributed by atoms with Crippen LogP contribution in [0.15, 0.2) is 31.2 Å². The van der Waals surface area contributed by atoms with Crippen molar-refractivity contribution >= 4 is 23.1 Å². The van der Waals surface area contributed by atoms with Crippen molar-refractivity contribution in [2.24, 2.45) is 0 Å².